The van der Waals surface area contributed by atoms with Gasteiger partial charge in [0.2, 0.25) is 0 Å². The van der Waals surface area contributed by atoms with Gasteiger partial charge in [0.25, 0.3) is 0 Å². The van der Waals surface area contributed by atoms with Gasteiger partial charge in [0.15, 0.2) is 0 Å². The number of benzene rings is 2. The number of nitrogens with zero attached hydrogens (tertiary/aromatic N) is 3. The van der Waals surface area contributed by atoms with Crippen LogP contribution in [0.3, 0.4) is 0 Å². The van der Waals surface area contributed by atoms with Crippen molar-refractivity contribution in [3.8, 4) is 0 Å². The zero-order valence-corrected chi connectivity index (χ0v) is 17.8. The van der Waals surface area contributed by atoms with Gasteiger partial charge in [-0.15, -0.1) is 0 Å². The van der Waals surface area contributed by atoms with Crippen LogP contribution in [0, 0.1) is 5.92 Å². The topological polar surface area (TPSA) is 64.1 Å². The Balaban J connectivity index is 1.38. The summed E-state index contributed by atoms with van der Waals surface area (Å²) >= 11 is 0. The van der Waals surface area contributed by atoms with E-state index < -0.39 is 5.97 Å². The van der Waals surface area contributed by atoms with Gasteiger partial charge in [-0.1, -0.05) is 45.0 Å². The predicted octanol–water partition coefficient (Wildman–Crippen LogP) is 3.95. The van der Waals surface area contributed by atoms with Crippen molar-refractivity contribution >= 4 is 23.4 Å². The average Bonchev–Trinajstić information content (AvgIpc) is 3.05. The fraction of sp³-hybridized carbons (Fsp3) is 0.417. The van der Waals surface area contributed by atoms with Crippen LogP contribution in [0.5, 0.6) is 0 Å². The molecule has 0 aliphatic carbocycles. The number of aliphatic carboxylic acids is 1. The minimum absolute atomic E-state index is 0.00157. The molecule has 0 spiro atoms. The standard InChI is InChI=1S/C24H29N3O3/c1-24(2,3)19-6-10-21(11-7-19)27-13-12-26(23(27)30)20-8-4-17(5-9-20)14-25-15-18(16-25)22(28)29/h4-11,18H,12-16H2,1-3H3,(H,28,29). The highest BCUT2D eigenvalue weighted by Gasteiger charge is 2.33. The molecule has 0 saturated carbocycles. The van der Waals surface area contributed by atoms with E-state index in [2.05, 4.69) is 37.8 Å². The first kappa shape index (κ1) is 20.4. The lowest BCUT2D eigenvalue weighted by Crippen LogP contribution is -2.49. The summed E-state index contributed by atoms with van der Waals surface area (Å²) in [6.45, 7) is 9.81. The van der Waals surface area contributed by atoms with Crippen LogP contribution >= 0.6 is 0 Å². The third-order valence-electron chi connectivity index (χ3n) is 6.01. The summed E-state index contributed by atoms with van der Waals surface area (Å²) in [7, 11) is 0. The lowest BCUT2D eigenvalue weighted by molar-refractivity contribution is -0.147. The van der Waals surface area contributed by atoms with Crippen LogP contribution in [-0.4, -0.2) is 48.2 Å². The van der Waals surface area contributed by atoms with Crippen LogP contribution in [0.15, 0.2) is 48.5 Å². The van der Waals surface area contributed by atoms with Crippen LogP contribution in [0.2, 0.25) is 0 Å². The van der Waals surface area contributed by atoms with Gasteiger partial charge in [0.05, 0.1) is 5.92 Å². The molecule has 0 aromatic heterocycles. The van der Waals surface area contributed by atoms with Gasteiger partial charge in [-0.3, -0.25) is 19.5 Å². The molecule has 4 rings (SSSR count). The molecule has 2 aliphatic rings. The molecular weight excluding hydrogens is 378 g/mol. The molecule has 30 heavy (non-hydrogen) atoms. The summed E-state index contributed by atoms with van der Waals surface area (Å²) in [6, 6.07) is 16.3. The minimum Gasteiger partial charge on any atom is -0.481 e. The van der Waals surface area contributed by atoms with Gasteiger partial charge in [0, 0.05) is 44.1 Å². The van der Waals surface area contributed by atoms with E-state index >= 15 is 0 Å². The maximum Gasteiger partial charge on any atom is 0.329 e. The molecule has 2 aliphatic heterocycles. The van der Waals surface area contributed by atoms with Crippen molar-refractivity contribution in [1.29, 1.82) is 0 Å². The van der Waals surface area contributed by atoms with Crippen LogP contribution in [-0.2, 0) is 16.8 Å². The number of carboxylic acid groups (broad SMARTS) is 1. The quantitative estimate of drug-likeness (QED) is 0.815. The highest BCUT2D eigenvalue weighted by molar-refractivity contribution is 6.06. The van der Waals surface area contributed by atoms with Crippen molar-refractivity contribution in [2.75, 3.05) is 36.0 Å². The smallest absolute Gasteiger partial charge is 0.329 e. The number of urea groups is 1. The van der Waals surface area contributed by atoms with Crippen molar-refractivity contribution in [3.05, 3.63) is 59.7 Å². The Hall–Kier alpha value is -2.86. The molecule has 0 radical (unpaired) electrons. The van der Waals surface area contributed by atoms with Crippen LogP contribution in [0.25, 0.3) is 0 Å². The van der Waals surface area contributed by atoms with E-state index in [1.54, 1.807) is 0 Å². The molecule has 2 amide bonds. The van der Waals surface area contributed by atoms with Gasteiger partial charge >= 0.3 is 12.0 Å². The Morgan fingerprint density at radius 3 is 1.90 bits per heavy atom. The molecule has 0 unspecified atom stereocenters. The number of hydrogen-bond acceptors (Lipinski definition) is 3. The zero-order valence-electron chi connectivity index (χ0n) is 17.8. The van der Waals surface area contributed by atoms with Gasteiger partial charge in [-0.25, -0.2) is 4.79 Å². The van der Waals surface area contributed by atoms with E-state index in [9.17, 15) is 9.59 Å². The second-order valence-electron chi connectivity index (χ2n) is 9.28. The lowest BCUT2D eigenvalue weighted by atomic mass is 9.87. The second kappa shape index (κ2) is 7.76. The summed E-state index contributed by atoms with van der Waals surface area (Å²) in [5, 5.41) is 8.98. The first-order valence-corrected chi connectivity index (χ1v) is 10.5. The lowest BCUT2D eigenvalue weighted by Gasteiger charge is -2.36. The second-order valence-corrected chi connectivity index (χ2v) is 9.28. The summed E-state index contributed by atoms with van der Waals surface area (Å²) in [5.74, 6) is -0.957. The third kappa shape index (κ3) is 4.05. The van der Waals surface area contributed by atoms with Gasteiger partial charge in [-0.2, -0.15) is 0 Å². The molecule has 2 fully saturated rings. The van der Waals surface area contributed by atoms with Gasteiger partial charge in [0.1, 0.15) is 0 Å². The van der Waals surface area contributed by atoms with Crippen LogP contribution in [0.4, 0.5) is 16.2 Å². The molecule has 6 nitrogen and oxygen atoms in total. The van der Waals surface area contributed by atoms with E-state index in [0.29, 0.717) is 26.2 Å². The summed E-state index contributed by atoms with van der Waals surface area (Å²) in [5.41, 5.74) is 4.29. The first-order valence-electron chi connectivity index (χ1n) is 10.5. The molecular formula is C24H29N3O3. The van der Waals surface area contributed by atoms with E-state index in [1.165, 1.54) is 5.56 Å². The van der Waals surface area contributed by atoms with Crippen LogP contribution in [0.1, 0.15) is 31.9 Å². The van der Waals surface area contributed by atoms with Crippen molar-refractivity contribution < 1.29 is 14.7 Å². The van der Waals surface area contributed by atoms with Crippen LogP contribution < -0.4 is 9.80 Å². The number of hydrogen-bond donors (Lipinski definition) is 1. The molecule has 2 aromatic rings. The Kier molecular flexibility index (Phi) is 5.28. The summed E-state index contributed by atoms with van der Waals surface area (Å²) in [4.78, 5) is 29.7. The van der Waals surface area contributed by atoms with Gasteiger partial charge in [-0.05, 0) is 40.8 Å². The Morgan fingerprint density at radius 1 is 0.933 bits per heavy atom. The Bertz CT molecular complexity index is 926. The molecule has 2 aromatic carbocycles. The number of carbonyl (C=O) groups is 2. The highest BCUT2D eigenvalue weighted by atomic mass is 16.4. The first-order chi connectivity index (χ1) is 14.2. The monoisotopic (exact) mass is 407 g/mol. The van der Waals surface area contributed by atoms with Crippen molar-refractivity contribution in [2.45, 2.75) is 32.7 Å². The Morgan fingerprint density at radius 2 is 1.43 bits per heavy atom. The minimum atomic E-state index is -0.716. The van der Waals surface area contributed by atoms with E-state index in [4.69, 9.17) is 5.11 Å². The third-order valence-corrected chi connectivity index (χ3v) is 6.01. The number of anilines is 2. The molecule has 0 bridgehead atoms. The molecule has 1 N–H and O–H groups in total. The molecule has 6 heteroatoms. The molecule has 2 heterocycles. The fourth-order valence-corrected chi connectivity index (χ4v) is 4.05. The van der Waals surface area contributed by atoms with Crippen molar-refractivity contribution in [2.24, 2.45) is 5.92 Å². The van der Waals surface area contributed by atoms with Gasteiger partial charge < -0.3 is 5.11 Å². The van der Waals surface area contributed by atoms with E-state index in [1.807, 2.05) is 46.2 Å². The number of amides is 2. The number of rotatable bonds is 5. The van der Waals surface area contributed by atoms with Crippen molar-refractivity contribution in [1.82, 2.24) is 4.90 Å². The Labute approximate surface area is 177 Å². The molecule has 0 atom stereocenters. The van der Waals surface area contributed by atoms with E-state index in [0.717, 1.165) is 23.5 Å². The fourth-order valence-electron chi connectivity index (χ4n) is 4.05. The summed E-state index contributed by atoms with van der Waals surface area (Å²) in [6.07, 6.45) is 0. The zero-order chi connectivity index (χ0) is 21.5. The molecule has 2 saturated heterocycles. The number of carboxylic acids is 1. The average molecular weight is 408 g/mol. The maximum atomic E-state index is 13.0. The van der Waals surface area contributed by atoms with Crippen molar-refractivity contribution in [3.63, 3.8) is 0 Å². The maximum absolute atomic E-state index is 13.0. The normalized spacial score (nSPS) is 18.0. The summed E-state index contributed by atoms with van der Waals surface area (Å²) < 4.78 is 0. The SMILES string of the molecule is CC(C)(C)c1ccc(N2CCN(c3ccc(CN4CC(C(=O)O)C4)cc3)C2=O)cc1. The number of carbonyl (C=O) groups excluding carboxylic acids is 1. The molecule has 158 valence electrons. The highest BCUT2D eigenvalue weighted by Crippen LogP contribution is 2.29. The predicted molar refractivity (Wildman–Crippen MR) is 118 cm³/mol. The van der Waals surface area contributed by atoms with E-state index in [-0.39, 0.29) is 17.4 Å². The number of likely N-dealkylation sites (tertiary alicyclic amines) is 1. The largest absolute Gasteiger partial charge is 0.481 e.